The van der Waals surface area contributed by atoms with Crippen molar-refractivity contribution < 1.29 is 13.7 Å². The number of aryl methyl sites for hydroxylation is 3. The molecule has 0 unspecified atom stereocenters. The first kappa shape index (κ1) is 20.3. The van der Waals surface area contributed by atoms with Crippen LogP contribution in [-0.4, -0.2) is 27.2 Å². The van der Waals surface area contributed by atoms with E-state index in [4.69, 9.17) is 20.9 Å². The van der Waals surface area contributed by atoms with Crippen molar-refractivity contribution in [3.8, 4) is 16.9 Å². The molecule has 0 radical (unpaired) electrons. The summed E-state index contributed by atoms with van der Waals surface area (Å²) in [5.74, 6) is 1.80. The van der Waals surface area contributed by atoms with Gasteiger partial charge in [0.25, 0.3) is 0 Å². The van der Waals surface area contributed by atoms with Crippen LogP contribution in [0.25, 0.3) is 33.1 Å². The predicted molar refractivity (Wildman–Crippen MR) is 122 cm³/mol. The highest BCUT2D eigenvalue weighted by Crippen LogP contribution is 2.41. The summed E-state index contributed by atoms with van der Waals surface area (Å²) in [7, 11) is 1.61. The standard InChI is InChI=1S/C23H19ClFN5O2/c1-10-19(11(2)32-30-10)14-8-17-13(9-18(14)31-4)20-22(26-12(3)27-23(20)29-17)28-16-7-5-6-15(24)21(16)25/h5-9H,1-4H3,(H2,26,27,28,29). The fourth-order valence-corrected chi connectivity index (χ4v) is 4.16. The zero-order valence-corrected chi connectivity index (χ0v) is 18.6. The number of halogens is 2. The first-order valence-electron chi connectivity index (χ1n) is 9.89. The van der Waals surface area contributed by atoms with Crippen LogP contribution in [0.4, 0.5) is 15.9 Å². The molecule has 0 aliphatic carbocycles. The number of aromatic amines is 1. The molecule has 9 heteroatoms. The topological polar surface area (TPSA) is 88.9 Å². The SMILES string of the molecule is COc1cc2c(cc1-c1c(C)noc1C)[nH]c1nc(C)nc(Nc3cccc(Cl)c3F)c12. The molecule has 162 valence electrons. The number of methoxy groups -OCH3 is 1. The van der Waals surface area contributed by atoms with Gasteiger partial charge in [-0.05, 0) is 45.0 Å². The van der Waals surface area contributed by atoms with Crippen molar-refractivity contribution in [2.24, 2.45) is 0 Å². The van der Waals surface area contributed by atoms with E-state index in [1.54, 1.807) is 26.2 Å². The highest BCUT2D eigenvalue weighted by Gasteiger charge is 2.21. The summed E-state index contributed by atoms with van der Waals surface area (Å²) in [6.07, 6.45) is 0. The molecule has 3 aromatic heterocycles. The highest BCUT2D eigenvalue weighted by molar-refractivity contribution is 6.31. The zero-order valence-electron chi connectivity index (χ0n) is 17.8. The molecule has 0 aliphatic heterocycles. The van der Waals surface area contributed by atoms with Crippen LogP contribution >= 0.6 is 11.6 Å². The number of hydrogen-bond donors (Lipinski definition) is 2. The van der Waals surface area contributed by atoms with Crippen LogP contribution in [0.1, 0.15) is 17.3 Å². The van der Waals surface area contributed by atoms with Gasteiger partial charge in [-0.2, -0.15) is 0 Å². The molecule has 0 saturated carbocycles. The lowest BCUT2D eigenvalue weighted by Crippen LogP contribution is -2.00. The number of rotatable bonds is 4. The van der Waals surface area contributed by atoms with Gasteiger partial charge in [0.1, 0.15) is 28.8 Å². The van der Waals surface area contributed by atoms with Crippen molar-refractivity contribution in [1.29, 1.82) is 0 Å². The third-order valence-electron chi connectivity index (χ3n) is 5.39. The van der Waals surface area contributed by atoms with Crippen LogP contribution in [0.2, 0.25) is 5.02 Å². The first-order valence-corrected chi connectivity index (χ1v) is 10.3. The summed E-state index contributed by atoms with van der Waals surface area (Å²) in [5, 5.41) is 8.71. The molecular formula is C23H19ClFN5O2. The maximum Gasteiger partial charge on any atom is 0.165 e. The number of H-pyrrole nitrogens is 1. The summed E-state index contributed by atoms with van der Waals surface area (Å²) in [4.78, 5) is 12.4. The normalized spacial score (nSPS) is 11.4. The summed E-state index contributed by atoms with van der Waals surface area (Å²) in [6, 6.07) is 8.66. The average molecular weight is 452 g/mol. The Morgan fingerprint density at radius 3 is 2.69 bits per heavy atom. The van der Waals surface area contributed by atoms with Crippen LogP contribution in [-0.2, 0) is 0 Å². The van der Waals surface area contributed by atoms with Gasteiger partial charge in [-0.3, -0.25) is 0 Å². The number of aromatic nitrogens is 4. The van der Waals surface area contributed by atoms with Crippen LogP contribution < -0.4 is 10.1 Å². The van der Waals surface area contributed by atoms with Crippen LogP contribution in [0.15, 0.2) is 34.9 Å². The Morgan fingerprint density at radius 2 is 1.97 bits per heavy atom. The molecule has 32 heavy (non-hydrogen) atoms. The summed E-state index contributed by atoms with van der Waals surface area (Å²) >= 11 is 5.95. The molecule has 3 heterocycles. The van der Waals surface area contributed by atoms with Crippen molar-refractivity contribution in [3.63, 3.8) is 0 Å². The summed E-state index contributed by atoms with van der Waals surface area (Å²) in [5.41, 5.74) is 4.17. The van der Waals surface area contributed by atoms with Crippen LogP contribution in [0.5, 0.6) is 5.75 Å². The minimum absolute atomic E-state index is 0.0294. The Morgan fingerprint density at radius 1 is 1.16 bits per heavy atom. The number of anilines is 2. The smallest absolute Gasteiger partial charge is 0.165 e. The molecule has 7 nitrogen and oxygen atoms in total. The highest BCUT2D eigenvalue weighted by atomic mass is 35.5. The summed E-state index contributed by atoms with van der Waals surface area (Å²) < 4.78 is 25.6. The van der Waals surface area contributed by atoms with Crippen molar-refractivity contribution in [1.82, 2.24) is 20.1 Å². The minimum Gasteiger partial charge on any atom is -0.496 e. The molecule has 2 aromatic carbocycles. The number of fused-ring (bicyclic) bond motifs is 3. The molecule has 0 bridgehead atoms. The number of hydrogen-bond acceptors (Lipinski definition) is 6. The monoisotopic (exact) mass is 451 g/mol. The molecule has 0 amide bonds. The quantitative estimate of drug-likeness (QED) is 0.336. The predicted octanol–water partition coefficient (Wildman–Crippen LogP) is 6.24. The van der Waals surface area contributed by atoms with E-state index in [9.17, 15) is 4.39 Å². The van der Waals surface area contributed by atoms with Crippen molar-refractivity contribution in [2.75, 3.05) is 12.4 Å². The Hall–Kier alpha value is -3.65. The largest absolute Gasteiger partial charge is 0.496 e. The molecule has 5 aromatic rings. The van der Waals surface area contributed by atoms with Gasteiger partial charge in [0.15, 0.2) is 5.82 Å². The third-order valence-corrected chi connectivity index (χ3v) is 5.68. The number of nitrogens with zero attached hydrogens (tertiary/aromatic N) is 3. The van der Waals surface area contributed by atoms with Gasteiger partial charge in [0, 0.05) is 16.5 Å². The Labute approximate surface area is 187 Å². The minimum atomic E-state index is -0.545. The van der Waals surface area contributed by atoms with E-state index in [1.165, 1.54) is 6.07 Å². The first-order chi connectivity index (χ1) is 15.4. The van der Waals surface area contributed by atoms with Crippen LogP contribution in [0.3, 0.4) is 0 Å². The van der Waals surface area contributed by atoms with Gasteiger partial charge in [-0.1, -0.05) is 22.8 Å². The molecule has 2 N–H and O–H groups in total. The van der Waals surface area contributed by atoms with Gasteiger partial charge in [-0.15, -0.1) is 0 Å². The molecule has 0 fully saturated rings. The Kier molecular flexibility index (Phi) is 4.74. The fourth-order valence-electron chi connectivity index (χ4n) is 3.99. The van der Waals surface area contributed by atoms with Crippen molar-refractivity contribution >= 4 is 45.0 Å². The second-order valence-electron chi connectivity index (χ2n) is 7.49. The van der Waals surface area contributed by atoms with Gasteiger partial charge in [0.2, 0.25) is 0 Å². The number of ether oxygens (including phenoxy) is 1. The van der Waals surface area contributed by atoms with E-state index < -0.39 is 5.82 Å². The molecule has 5 rings (SSSR count). The number of nitrogens with one attached hydrogen (secondary N) is 2. The van der Waals surface area contributed by atoms with Gasteiger partial charge >= 0.3 is 0 Å². The van der Waals surface area contributed by atoms with Gasteiger partial charge < -0.3 is 19.6 Å². The molecule has 0 atom stereocenters. The summed E-state index contributed by atoms with van der Waals surface area (Å²) in [6.45, 7) is 5.53. The van der Waals surface area contributed by atoms with E-state index in [1.807, 2.05) is 26.0 Å². The molecular weight excluding hydrogens is 433 g/mol. The average Bonchev–Trinajstić information content (AvgIpc) is 3.28. The second kappa shape index (κ2) is 7.49. The maximum atomic E-state index is 14.6. The van der Waals surface area contributed by atoms with E-state index in [0.29, 0.717) is 34.2 Å². The number of benzene rings is 2. The van der Waals surface area contributed by atoms with Crippen molar-refractivity contribution in [3.05, 3.63) is 58.5 Å². The lowest BCUT2D eigenvalue weighted by Gasteiger charge is -2.11. The van der Waals surface area contributed by atoms with Crippen LogP contribution in [0, 0.1) is 26.6 Å². The zero-order chi connectivity index (χ0) is 22.6. The lowest BCUT2D eigenvalue weighted by molar-refractivity contribution is 0.393. The maximum absolute atomic E-state index is 14.6. The Balaban J connectivity index is 1.77. The van der Waals surface area contributed by atoms with E-state index in [-0.39, 0.29) is 10.7 Å². The second-order valence-corrected chi connectivity index (χ2v) is 7.90. The Bertz CT molecular complexity index is 1490. The van der Waals surface area contributed by atoms with Gasteiger partial charge in [-0.25, -0.2) is 14.4 Å². The lowest BCUT2D eigenvalue weighted by atomic mass is 10.0. The van der Waals surface area contributed by atoms with E-state index in [2.05, 4.69) is 25.4 Å². The van der Waals surface area contributed by atoms with E-state index in [0.717, 1.165) is 27.7 Å². The molecule has 0 saturated heterocycles. The van der Waals surface area contributed by atoms with Crippen molar-refractivity contribution in [2.45, 2.75) is 20.8 Å². The molecule has 0 spiro atoms. The molecule has 0 aliphatic rings. The fraction of sp³-hybridized carbons (Fsp3) is 0.174. The third kappa shape index (κ3) is 3.15. The van der Waals surface area contributed by atoms with Gasteiger partial charge in [0.05, 0.1) is 34.5 Å². The van der Waals surface area contributed by atoms with E-state index >= 15 is 0 Å².